The van der Waals surface area contributed by atoms with E-state index >= 15 is 0 Å². The molecule has 0 aliphatic carbocycles. The highest BCUT2D eigenvalue weighted by atomic mass is 16.6. The van der Waals surface area contributed by atoms with Gasteiger partial charge in [-0.15, -0.1) is 0 Å². The second-order valence-corrected chi connectivity index (χ2v) is 8.12. The summed E-state index contributed by atoms with van der Waals surface area (Å²) in [4.78, 5) is 13.8. The van der Waals surface area contributed by atoms with Crippen LogP contribution in [0.25, 0.3) is 0 Å². The second kappa shape index (κ2) is 11.7. The number of carbonyl (C=O) groups excluding carboxylic acids is 1. The summed E-state index contributed by atoms with van der Waals surface area (Å²) in [6.45, 7) is 13.5. The van der Waals surface area contributed by atoms with E-state index in [9.17, 15) is 4.79 Å². The molecule has 1 N–H and O–H groups in total. The van der Waals surface area contributed by atoms with Gasteiger partial charge in [-0.25, -0.2) is 4.79 Å². The summed E-state index contributed by atoms with van der Waals surface area (Å²) in [5.41, 5.74) is -0.426. The van der Waals surface area contributed by atoms with Crippen molar-refractivity contribution in [3.63, 3.8) is 0 Å². The van der Waals surface area contributed by atoms with E-state index in [2.05, 4.69) is 19.2 Å². The number of hydrogen-bond acceptors (Lipinski definition) is 4. The molecule has 0 aromatic heterocycles. The van der Waals surface area contributed by atoms with E-state index in [1.165, 1.54) is 25.7 Å². The Morgan fingerprint density at radius 3 is 2.28 bits per heavy atom. The summed E-state index contributed by atoms with van der Waals surface area (Å²) >= 11 is 0. The van der Waals surface area contributed by atoms with Crippen molar-refractivity contribution in [3.05, 3.63) is 0 Å². The van der Waals surface area contributed by atoms with E-state index in [0.29, 0.717) is 6.04 Å². The minimum Gasteiger partial charge on any atom is -0.444 e. The van der Waals surface area contributed by atoms with Gasteiger partial charge in [0.25, 0.3) is 0 Å². The van der Waals surface area contributed by atoms with Gasteiger partial charge in [0.1, 0.15) is 5.60 Å². The van der Waals surface area contributed by atoms with Gasteiger partial charge in [-0.1, -0.05) is 26.7 Å². The Balaban J connectivity index is 2.11. The molecule has 1 heterocycles. The average molecular weight is 357 g/mol. The lowest BCUT2D eigenvalue weighted by molar-refractivity contribution is -0.0117. The lowest BCUT2D eigenvalue weighted by atomic mass is 10.1. The molecule has 0 saturated carbocycles. The van der Waals surface area contributed by atoms with Crippen LogP contribution in [0.5, 0.6) is 0 Å². The summed E-state index contributed by atoms with van der Waals surface area (Å²) in [7, 11) is 0. The number of nitrogens with one attached hydrogen (secondary N) is 1. The van der Waals surface area contributed by atoms with E-state index in [1.807, 2.05) is 20.8 Å². The van der Waals surface area contributed by atoms with Crippen molar-refractivity contribution in [3.8, 4) is 0 Å². The number of hydrogen-bond donors (Lipinski definition) is 1. The van der Waals surface area contributed by atoms with E-state index in [-0.39, 0.29) is 12.2 Å². The fourth-order valence-corrected chi connectivity index (χ4v) is 3.21. The zero-order chi connectivity index (χ0) is 18.7. The third-order valence-electron chi connectivity index (χ3n) is 4.48. The number of piperidine rings is 1. The van der Waals surface area contributed by atoms with Crippen molar-refractivity contribution < 1.29 is 14.3 Å². The Labute approximate surface area is 154 Å². The Morgan fingerprint density at radius 2 is 1.76 bits per heavy atom. The van der Waals surface area contributed by atoms with Gasteiger partial charge >= 0.3 is 6.09 Å². The van der Waals surface area contributed by atoms with Crippen LogP contribution in [-0.4, -0.2) is 55.0 Å². The number of ether oxygens (including phenoxy) is 2. The first-order chi connectivity index (χ1) is 11.9. The third kappa shape index (κ3) is 10.0. The Hall–Kier alpha value is -0.810. The zero-order valence-electron chi connectivity index (χ0n) is 17.1. The predicted octanol–water partition coefficient (Wildman–Crippen LogP) is 4.35. The maximum atomic E-state index is 12.0. The quantitative estimate of drug-likeness (QED) is 0.591. The lowest BCUT2D eigenvalue weighted by Crippen LogP contribution is -2.43. The van der Waals surface area contributed by atoms with Crippen LogP contribution in [0.2, 0.25) is 0 Å². The number of nitrogens with zero attached hydrogens (tertiary/aromatic N) is 1. The first kappa shape index (κ1) is 22.2. The fraction of sp³-hybridized carbons (Fsp3) is 0.950. The van der Waals surface area contributed by atoms with Gasteiger partial charge in [0, 0.05) is 25.7 Å². The van der Waals surface area contributed by atoms with Crippen molar-refractivity contribution in [1.29, 1.82) is 0 Å². The van der Waals surface area contributed by atoms with Crippen LogP contribution in [0.4, 0.5) is 4.79 Å². The van der Waals surface area contributed by atoms with Crippen molar-refractivity contribution in [2.24, 2.45) is 0 Å². The monoisotopic (exact) mass is 356 g/mol. The van der Waals surface area contributed by atoms with Crippen LogP contribution < -0.4 is 5.32 Å². The fourth-order valence-electron chi connectivity index (χ4n) is 3.21. The molecule has 0 radical (unpaired) electrons. The van der Waals surface area contributed by atoms with Gasteiger partial charge in [0.05, 0.1) is 6.10 Å². The van der Waals surface area contributed by atoms with Gasteiger partial charge in [-0.05, 0) is 59.4 Å². The SMILES string of the molecule is CCCC(CCC)NCCCOC1CCN(C(=O)OC(C)(C)C)CC1. The van der Waals surface area contributed by atoms with Gasteiger partial charge in [-0.3, -0.25) is 0 Å². The highest BCUT2D eigenvalue weighted by molar-refractivity contribution is 5.68. The number of amides is 1. The molecular weight excluding hydrogens is 316 g/mol. The molecule has 1 aliphatic heterocycles. The number of likely N-dealkylation sites (tertiary alicyclic amines) is 1. The highest BCUT2D eigenvalue weighted by Gasteiger charge is 2.27. The van der Waals surface area contributed by atoms with Crippen LogP contribution in [0, 0.1) is 0 Å². The molecule has 25 heavy (non-hydrogen) atoms. The molecule has 1 fully saturated rings. The molecule has 1 aliphatic rings. The third-order valence-corrected chi connectivity index (χ3v) is 4.48. The molecule has 1 saturated heterocycles. The largest absolute Gasteiger partial charge is 0.444 e. The molecule has 1 amide bonds. The van der Waals surface area contributed by atoms with Gasteiger partial charge < -0.3 is 19.7 Å². The molecule has 5 heteroatoms. The molecular formula is C20H40N2O3. The van der Waals surface area contributed by atoms with E-state index in [1.54, 1.807) is 4.90 Å². The molecule has 0 aromatic rings. The minimum atomic E-state index is -0.426. The van der Waals surface area contributed by atoms with Crippen molar-refractivity contribution in [2.75, 3.05) is 26.2 Å². The van der Waals surface area contributed by atoms with Crippen LogP contribution >= 0.6 is 0 Å². The Bertz CT molecular complexity index is 354. The Morgan fingerprint density at radius 1 is 1.16 bits per heavy atom. The summed E-state index contributed by atoms with van der Waals surface area (Å²) in [5, 5.41) is 3.65. The zero-order valence-corrected chi connectivity index (χ0v) is 17.1. The summed E-state index contributed by atoms with van der Waals surface area (Å²) < 4.78 is 11.4. The highest BCUT2D eigenvalue weighted by Crippen LogP contribution is 2.17. The van der Waals surface area contributed by atoms with Crippen molar-refractivity contribution >= 4 is 6.09 Å². The minimum absolute atomic E-state index is 0.201. The molecule has 148 valence electrons. The molecule has 5 nitrogen and oxygen atoms in total. The molecule has 0 spiro atoms. The standard InChI is InChI=1S/C20H40N2O3/c1-6-9-17(10-7-2)21-13-8-16-24-18-11-14-22(15-12-18)19(23)25-20(3,4)5/h17-18,21H,6-16H2,1-5H3. The maximum Gasteiger partial charge on any atom is 0.410 e. The van der Waals surface area contributed by atoms with Gasteiger partial charge in [0.2, 0.25) is 0 Å². The van der Waals surface area contributed by atoms with Crippen LogP contribution in [0.1, 0.15) is 79.6 Å². The topological polar surface area (TPSA) is 50.8 Å². The summed E-state index contributed by atoms with van der Waals surface area (Å²) in [6, 6.07) is 0.659. The van der Waals surface area contributed by atoms with Crippen LogP contribution in [0.15, 0.2) is 0 Å². The molecule has 0 bridgehead atoms. The molecule has 0 atom stereocenters. The van der Waals surface area contributed by atoms with E-state index in [4.69, 9.17) is 9.47 Å². The summed E-state index contributed by atoms with van der Waals surface area (Å²) in [6.07, 6.45) is 7.94. The van der Waals surface area contributed by atoms with Gasteiger partial charge in [-0.2, -0.15) is 0 Å². The van der Waals surface area contributed by atoms with Crippen molar-refractivity contribution in [1.82, 2.24) is 10.2 Å². The normalized spacial score (nSPS) is 16.5. The molecule has 1 rings (SSSR count). The smallest absolute Gasteiger partial charge is 0.410 e. The van der Waals surface area contributed by atoms with E-state index in [0.717, 1.165) is 45.5 Å². The molecule has 0 aromatic carbocycles. The molecule has 0 unspecified atom stereocenters. The lowest BCUT2D eigenvalue weighted by Gasteiger charge is -2.33. The second-order valence-electron chi connectivity index (χ2n) is 8.12. The Kier molecular flexibility index (Phi) is 10.4. The average Bonchev–Trinajstić information content (AvgIpc) is 2.54. The number of rotatable bonds is 10. The predicted molar refractivity (Wildman–Crippen MR) is 103 cm³/mol. The van der Waals surface area contributed by atoms with Crippen LogP contribution in [-0.2, 0) is 9.47 Å². The first-order valence-electron chi connectivity index (χ1n) is 10.2. The number of carbonyl (C=O) groups is 1. The maximum absolute atomic E-state index is 12.0. The van der Waals surface area contributed by atoms with Crippen LogP contribution in [0.3, 0.4) is 0 Å². The first-order valence-corrected chi connectivity index (χ1v) is 10.2. The van der Waals surface area contributed by atoms with Gasteiger partial charge in [0.15, 0.2) is 0 Å². The van der Waals surface area contributed by atoms with Crippen molar-refractivity contribution in [2.45, 2.75) is 97.3 Å². The van der Waals surface area contributed by atoms with E-state index < -0.39 is 5.60 Å². The summed E-state index contributed by atoms with van der Waals surface area (Å²) in [5.74, 6) is 0.